The van der Waals surface area contributed by atoms with Crippen molar-refractivity contribution in [1.29, 1.82) is 0 Å². The molecule has 188 valence electrons. The van der Waals surface area contributed by atoms with Crippen molar-refractivity contribution < 1.29 is 22.8 Å². The molecule has 1 aliphatic carbocycles. The Morgan fingerprint density at radius 3 is 2.53 bits per heavy atom. The number of nitrogens with one attached hydrogen (secondary N) is 2. The minimum absolute atomic E-state index is 0.0204. The lowest BCUT2D eigenvalue weighted by molar-refractivity contribution is -0.137. The van der Waals surface area contributed by atoms with Crippen molar-refractivity contribution in [3.05, 3.63) is 76.3 Å². The number of anilines is 3. The van der Waals surface area contributed by atoms with Gasteiger partial charge in [0.25, 0.3) is 0 Å². The van der Waals surface area contributed by atoms with Crippen molar-refractivity contribution in [2.24, 2.45) is 5.41 Å². The van der Waals surface area contributed by atoms with E-state index in [1.54, 1.807) is 13.0 Å². The quantitative estimate of drug-likeness (QED) is 0.343. The van der Waals surface area contributed by atoms with E-state index in [0.717, 1.165) is 6.07 Å². The molecule has 11 heteroatoms. The van der Waals surface area contributed by atoms with Crippen molar-refractivity contribution >= 4 is 40.4 Å². The number of rotatable bonds is 8. The summed E-state index contributed by atoms with van der Waals surface area (Å²) in [6.45, 7) is 1.87. The average molecular weight is 518 g/mol. The Hall–Kier alpha value is -3.66. The molecule has 7 nitrogen and oxygen atoms in total. The molecule has 2 aromatic heterocycles. The van der Waals surface area contributed by atoms with E-state index >= 15 is 0 Å². The van der Waals surface area contributed by atoms with Crippen molar-refractivity contribution in [2.75, 3.05) is 11.1 Å². The van der Waals surface area contributed by atoms with E-state index in [1.165, 1.54) is 36.8 Å². The Bertz CT molecular complexity index is 1330. The summed E-state index contributed by atoms with van der Waals surface area (Å²) in [6.07, 6.45) is 0.933. The van der Waals surface area contributed by atoms with Crippen LogP contribution >= 0.6 is 11.6 Å². The summed E-state index contributed by atoms with van der Waals surface area (Å²) >= 11 is 5.73. The van der Waals surface area contributed by atoms with Gasteiger partial charge in [-0.25, -0.2) is 0 Å². The monoisotopic (exact) mass is 517 g/mol. The lowest BCUT2D eigenvalue weighted by Gasteiger charge is -2.17. The Morgan fingerprint density at radius 1 is 1.14 bits per heavy atom. The molecule has 0 atom stereocenters. The van der Waals surface area contributed by atoms with E-state index in [1.807, 2.05) is 0 Å². The SMILES string of the molecule is Cc1cc(Nc2ccc(Cl)cc2C(F)(F)F)cnc1CNC(=O)C1(CC(=O)c2cncc(N)c2)CC1. The van der Waals surface area contributed by atoms with E-state index in [2.05, 4.69) is 20.6 Å². The number of amides is 1. The smallest absolute Gasteiger partial charge is 0.397 e. The number of benzene rings is 1. The first-order valence-electron chi connectivity index (χ1n) is 11.1. The maximum Gasteiger partial charge on any atom is 0.418 e. The number of aryl methyl sites for hydroxylation is 1. The van der Waals surface area contributed by atoms with Crippen LogP contribution in [0.15, 0.2) is 48.9 Å². The summed E-state index contributed by atoms with van der Waals surface area (Å²) in [7, 11) is 0. The number of carbonyl (C=O) groups is 2. The highest BCUT2D eigenvalue weighted by Gasteiger charge is 2.51. The van der Waals surface area contributed by atoms with Gasteiger partial charge in [0.1, 0.15) is 0 Å². The third-order valence-corrected chi connectivity index (χ3v) is 6.32. The van der Waals surface area contributed by atoms with Gasteiger partial charge in [0.2, 0.25) is 5.91 Å². The molecule has 0 unspecified atom stereocenters. The number of nitrogens with zero attached hydrogens (tertiary/aromatic N) is 2. The highest BCUT2D eigenvalue weighted by molar-refractivity contribution is 6.30. The molecule has 36 heavy (non-hydrogen) atoms. The molecule has 4 N–H and O–H groups in total. The summed E-state index contributed by atoms with van der Waals surface area (Å²) in [5.74, 6) is -0.445. The summed E-state index contributed by atoms with van der Waals surface area (Å²) < 4.78 is 40.1. The third kappa shape index (κ3) is 5.76. The highest BCUT2D eigenvalue weighted by atomic mass is 35.5. The number of Topliss-reactive ketones (excluding diaryl/α,β-unsaturated/α-hetero) is 1. The van der Waals surface area contributed by atoms with E-state index in [0.29, 0.717) is 41.0 Å². The number of hydrogen-bond acceptors (Lipinski definition) is 6. The molecule has 0 spiro atoms. The molecule has 0 saturated heterocycles. The number of nitrogens with two attached hydrogens (primary N) is 1. The summed E-state index contributed by atoms with van der Waals surface area (Å²) in [5, 5.41) is 5.55. The van der Waals surface area contributed by atoms with Crippen LogP contribution in [0.25, 0.3) is 0 Å². The zero-order chi connectivity index (χ0) is 26.1. The number of alkyl halides is 3. The van der Waals surface area contributed by atoms with Crippen LogP contribution in [0.1, 0.15) is 46.4 Å². The van der Waals surface area contributed by atoms with Crippen molar-refractivity contribution in [1.82, 2.24) is 15.3 Å². The van der Waals surface area contributed by atoms with Crippen LogP contribution in [0.2, 0.25) is 5.02 Å². The van der Waals surface area contributed by atoms with Crippen LogP contribution in [0.4, 0.5) is 30.2 Å². The van der Waals surface area contributed by atoms with E-state index in [4.69, 9.17) is 17.3 Å². The first kappa shape index (κ1) is 25.4. The van der Waals surface area contributed by atoms with Crippen LogP contribution in [-0.2, 0) is 17.5 Å². The van der Waals surface area contributed by atoms with Gasteiger partial charge < -0.3 is 16.4 Å². The molecule has 0 bridgehead atoms. The Balaban J connectivity index is 1.39. The topological polar surface area (TPSA) is 110 Å². The first-order chi connectivity index (χ1) is 17.0. The van der Waals surface area contributed by atoms with E-state index in [-0.39, 0.29) is 35.4 Å². The van der Waals surface area contributed by atoms with Crippen LogP contribution in [0.3, 0.4) is 0 Å². The highest BCUT2D eigenvalue weighted by Crippen LogP contribution is 2.49. The Morgan fingerprint density at radius 2 is 1.89 bits per heavy atom. The lowest BCUT2D eigenvalue weighted by atomic mass is 9.95. The molecule has 1 fully saturated rings. The van der Waals surface area contributed by atoms with Gasteiger partial charge in [0, 0.05) is 29.4 Å². The minimum Gasteiger partial charge on any atom is -0.397 e. The van der Waals surface area contributed by atoms with Gasteiger partial charge in [-0.3, -0.25) is 19.6 Å². The first-order valence-corrected chi connectivity index (χ1v) is 11.5. The minimum atomic E-state index is -4.58. The molecule has 1 saturated carbocycles. The Labute approximate surface area is 210 Å². The number of hydrogen-bond donors (Lipinski definition) is 3. The number of halogens is 4. The third-order valence-electron chi connectivity index (χ3n) is 6.08. The van der Waals surface area contributed by atoms with Gasteiger partial charge in [0.05, 0.1) is 46.5 Å². The summed E-state index contributed by atoms with van der Waals surface area (Å²) in [5.41, 5.74) is 6.22. The number of nitrogen functional groups attached to an aromatic ring is 1. The zero-order valence-electron chi connectivity index (χ0n) is 19.2. The van der Waals surface area contributed by atoms with Crippen molar-refractivity contribution in [3.63, 3.8) is 0 Å². The zero-order valence-corrected chi connectivity index (χ0v) is 20.0. The fraction of sp³-hybridized carbons (Fsp3) is 0.280. The van der Waals surface area contributed by atoms with Gasteiger partial charge >= 0.3 is 6.18 Å². The lowest BCUT2D eigenvalue weighted by Crippen LogP contribution is -2.33. The van der Waals surface area contributed by atoms with Gasteiger partial charge in [-0.15, -0.1) is 0 Å². The molecule has 0 aliphatic heterocycles. The maximum absolute atomic E-state index is 13.4. The normalized spacial score (nSPS) is 14.2. The van der Waals surface area contributed by atoms with Gasteiger partial charge in [-0.05, 0) is 55.7 Å². The van der Waals surface area contributed by atoms with Gasteiger partial charge in [-0.2, -0.15) is 13.2 Å². The fourth-order valence-corrected chi connectivity index (χ4v) is 4.05. The number of carbonyl (C=O) groups excluding carboxylic acids is 2. The standard InChI is InChI=1S/C25H23ClF3N5O2/c1-14-6-18(34-20-3-2-16(26)8-19(20)25(27,28)29)12-32-21(14)13-33-23(36)24(4-5-24)9-22(35)15-7-17(30)11-31-10-15/h2-3,6-8,10-12,34H,4-5,9,13,30H2,1H3,(H,33,36). The molecule has 3 aromatic rings. The second-order valence-corrected chi connectivity index (χ2v) is 9.31. The summed E-state index contributed by atoms with van der Waals surface area (Å²) in [4.78, 5) is 33.7. The van der Waals surface area contributed by atoms with Gasteiger partial charge in [-0.1, -0.05) is 11.6 Å². The number of pyridine rings is 2. The maximum atomic E-state index is 13.4. The molecule has 1 aliphatic rings. The molecule has 2 heterocycles. The predicted molar refractivity (Wildman–Crippen MR) is 130 cm³/mol. The molecule has 0 radical (unpaired) electrons. The molecular formula is C25H23ClF3N5O2. The largest absolute Gasteiger partial charge is 0.418 e. The van der Waals surface area contributed by atoms with Crippen molar-refractivity contribution in [3.8, 4) is 0 Å². The van der Waals surface area contributed by atoms with Gasteiger partial charge in [0.15, 0.2) is 5.78 Å². The average Bonchev–Trinajstić information content (AvgIpc) is 3.59. The Kier molecular flexibility index (Phi) is 6.90. The predicted octanol–water partition coefficient (Wildman–Crippen LogP) is 5.45. The molecule has 1 aromatic carbocycles. The summed E-state index contributed by atoms with van der Waals surface area (Å²) in [6, 6.07) is 6.66. The van der Waals surface area contributed by atoms with Crippen LogP contribution in [0.5, 0.6) is 0 Å². The number of aromatic nitrogens is 2. The fourth-order valence-electron chi connectivity index (χ4n) is 3.88. The van der Waals surface area contributed by atoms with Crippen LogP contribution < -0.4 is 16.4 Å². The second kappa shape index (κ2) is 9.77. The van der Waals surface area contributed by atoms with E-state index < -0.39 is 17.2 Å². The molecule has 1 amide bonds. The van der Waals surface area contributed by atoms with E-state index in [9.17, 15) is 22.8 Å². The number of ketones is 1. The van der Waals surface area contributed by atoms with Crippen molar-refractivity contribution in [2.45, 2.75) is 38.9 Å². The molecular weight excluding hydrogens is 495 g/mol. The second-order valence-electron chi connectivity index (χ2n) is 8.87. The van der Waals surface area contributed by atoms with Crippen LogP contribution in [-0.4, -0.2) is 21.7 Å². The van der Waals surface area contributed by atoms with Crippen LogP contribution in [0, 0.1) is 12.3 Å². The molecule has 4 rings (SSSR count).